The van der Waals surface area contributed by atoms with Crippen molar-refractivity contribution in [2.45, 2.75) is 44.4 Å². The normalized spacial score (nSPS) is 21.5. The second-order valence-corrected chi connectivity index (χ2v) is 6.13. The van der Waals surface area contributed by atoms with Crippen LogP contribution in [-0.4, -0.2) is 16.6 Å². The van der Waals surface area contributed by atoms with Crippen LogP contribution in [0.4, 0.5) is 0 Å². The number of aromatic nitrogens is 2. The van der Waals surface area contributed by atoms with Crippen molar-refractivity contribution in [3.05, 3.63) is 54.6 Å². The molecule has 1 aromatic carbocycles. The summed E-state index contributed by atoms with van der Waals surface area (Å²) in [6.45, 7) is 0.825. The summed E-state index contributed by atoms with van der Waals surface area (Å²) in [6, 6.07) is 12.0. The molecule has 22 heavy (non-hydrogen) atoms. The molecular weight excluding hydrogens is 272 g/mol. The average molecular weight is 296 g/mol. The molecular formula is C19H24N2O. The predicted molar refractivity (Wildman–Crippen MR) is 87.9 cm³/mol. The summed E-state index contributed by atoms with van der Waals surface area (Å²) in [7, 11) is 0. The lowest BCUT2D eigenvalue weighted by Crippen LogP contribution is -2.15. The highest BCUT2D eigenvalue weighted by Crippen LogP contribution is 2.35. The van der Waals surface area contributed by atoms with E-state index in [1.165, 1.54) is 32.1 Å². The fourth-order valence-corrected chi connectivity index (χ4v) is 3.31. The zero-order valence-corrected chi connectivity index (χ0v) is 13.0. The third kappa shape index (κ3) is 4.30. The summed E-state index contributed by atoms with van der Waals surface area (Å²) in [4.78, 5) is 8.81. The Hall–Kier alpha value is -1.90. The van der Waals surface area contributed by atoms with Gasteiger partial charge in [-0.1, -0.05) is 18.2 Å². The zero-order chi connectivity index (χ0) is 15.0. The Morgan fingerprint density at radius 3 is 2.36 bits per heavy atom. The number of hydrogen-bond donors (Lipinski definition) is 0. The fraction of sp³-hybridized carbons (Fsp3) is 0.474. The smallest absolute Gasteiger partial charge is 0.131 e. The Labute approximate surface area is 132 Å². The standard InChI is InChI=1S/C19H24N2O/c1-2-7-18(8-3-1)22-15-4-6-16-9-11-17(12-10-16)19-20-13-5-14-21-19/h1-3,5,7-8,13-14,16-17H,4,6,9-12,15H2. The Morgan fingerprint density at radius 2 is 1.64 bits per heavy atom. The van der Waals surface area contributed by atoms with Gasteiger partial charge in [0, 0.05) is 18.3 Å². The van der Waals surface area contributed by atoms with Crippen LogP contribution in [0.25, 0.3) is 0 Å². The lowest BCUT2D eigenvalue weighted by atomic mass is 9.79. The van der Waals surface area contributed by atoms with Gasteiger partial charge in [-0.05, 0) is 62.6 Å². The Morgan fingerprint density at radius 1 is 0.909 bits per heavy atom. The Kier molecular flexibility index (Phi) is 5.41. The third-order valence-corrected chi connectivity index (χ3v) is 4.57. The molecule has 3 nitrogen and oxygen atoms in total. The van der Waals surface area contributed by atoms with Gasteiger partial charge >= 0.3 is 0 Å². The van der Waals surface area contributed by atoms with E-state index in [0.717, 1.165) is 30.5 Å². The van der Waals surface area contributed by atoms with Gasteiger partial charge in [-0.2, -0.15) is 0 Å². The van der Waals surface area contributed by atoms with Crippen LogP contribution in [0.1, 0.15) is 50.3 Å². The molecule has 1 aliphatic carbocycles. The maximum Gasteiger partial charge on any atom is 0.131 e. The molecule has 0 saturated heterocycles. The maximum absolute atomic E-state index is 5.77. The van der Waals surface area contributed by atoms with E-state index in [9.17, 15) is 0 Å². The van der Waals surface area contributed by atoms with Crippen molar-refractivity contribution in [2.75, 3.05) is 6.61 Å². The van der Waals surface area contributed by atoms with Gasteiger partial charge in [-0.25, -0.2) is 9.97 Å². The maximum atomic E-state index is 5.77. The van der Waals surface area contributed by atoms with Gasteiger partial charge in [0.05, 0.1) is 6.61 Å². The van der Waals surface area contributed by atoms with Gasteiger partial charge in [0.2, 0.25) is 0 Å². The van der Waals surface area contributed by atoms with Crippen LogP contribution in [0.15, 0.2) is 48.8 Å². The molecule has 1 saturated carbocycles. The van der Waals surface area contributed by atoms with E-state index >= 15 is 0 Å². The van der Waals surface area contributed by atoms with Gasteiger partial charge in [-0.15, -0.1) is 0 Å². The van der Waals surface area contributed by atoms with Crippen molar-refractivity contribution in [1.29, 1.82) is 0 Å². The first-order valence-corrected chi connectivity index (χ1v) is 8.36. The second-order valence-electron chi connectivity index (χ2n) is 6.13. The molecule has 0 bridgehead atoms. The van der Waals surface area contributed by atoms with Gasteiger partial charge < -0.3 is 4.74 Å². The van der Waals surface area contributed by atoms with Crippen LogP contribution in [0.2, 0.25) is 0 Å². The van der Waals surface area contributed by atoms with Crippen LogP contribution in [-0.2, 0) is 0 Å². The largest absolute Gasteiger partial charge is 0.494 e. The molecule has 116 valence electrons. The highest BCUT2D eigenvalue weighted by molar-refractivity contribution is 5.20. The minimum absolute atomic E-state index is 0.568. The molecule has 0 radical (unpaired) electrons. The highest BCUT2D eigenvalue weighted by Gasteiger charge is 2.23. The van der Waals surface area contributed by atoms with Gasteiger partial charge in [-0.3, -0.25) is 0 Å². The summed E-state index contributed by atoms with van der Waals surface area (Å²) < 4.78 is 5.77. The van der Waals surface area contributed by atoms with Crippen LogP contribution >= 0.6 is 0 Å². The molecule has 1 aromatic heterocycles. The first-order valence-electron chi connectivity index (χ1n) is 8.36. The SMILES string of the molecule is c1ccc(OCCCC2CCC(c3ncccn3)CC2)cc1. The molecule has 3 heteroatoms. The first-order chi connectivity index (χ1) is 10.9. The van der Waals surface area contributed by atoms with Crippen molar-refractivity contribution in [2.24, 2.45) is 5.92 Å². The topological polar surface area (TPSA) is 35.0 Å². The van der Waals surface area contributed by atoms with E-state index in [0.29, 0.717) is 5.92 Å². The number of nitrogens with zero attached hydrogens (tertiary/aromatic N) is 2. The van der Waals surface area contributed by atoms with Crippen LogP contribution in [0.3, 0.4) is 0 Å². The van der Waals surface area contributed by atoms with Crippen molar-refractivity contribution in [3.63, 3.8) is 0 Å². The minimum atomic E-state index is 0.568. The van der Waals surface area contributed by atoms with Gasteiger partial charge in [0.1, 0.15) is 11.6 Å². The van der Waals surface area contributed by atoms with Crippen molar-refractivity contribution < 1.29 is 4.74 Å². The van der Waals surface area contributed by atoms with Crippen molar-refractivity contribution in [3.8, 4) is 5.75 Å². The predicted octanol–water partition coefficient (Wildman–Crippen LogP) is 4.61. The summed E-state index contributed by atoms with van der Waals surface area (Å²) in [6.07, 6.45) is 11.2. The molecule has 1 heterocycles. The summed E-state index contributed by atoms with van der Waals surface area (Å²) in [5.74, 6) is 3.43. The minimum Gasteiger partial charge on any atom is -0.494 e. The quantitative estimate of drug-likeness (QED) is 0.730. The lowest BCUT2D eigenvalue weighted by Gasteiger charge is -2.27. The molecule has 0 aliphatic heterocycles. The summed E-state index contributed by atoms with van der Waals surface area (Å²) in [5.41, 5.74) is 0. The molecule has 0 amide bonds. The second kappa shape index (κ2) is 7.92. The van der Waals surface area contributed by atoms with E-state index in [1.54, 1.807) is 0 Å². The number of hydrogen-bond acceptors (Lipinski definition) is 3. The molecule has 0 spiro atoms. The van der Waals surface area contributed by atoms with Crippen LogP contribution in [0.5, 0.6) is 5.75 Å². The van der Waals surface area contributed by atoms with E-state index < -0.39 is 0 Å². The van der Waals surface area contributed by atoms with Crippen LogP contribution in [0, 0.1) is 5.92 Å². The number of para-hydroxylation sites is 1. The van der Waals surface area contributed by atoms with E-state index in [4.69, 9.17) is 4.74 Å². The Bertz CT molecular complexity index is 536. The van der Waals surface area contributed by atoms with Crippen molar-refractivity contribution in [1.82, 2.24) is 9.97 Å². The number of benzene rings is 1. The number of ether oxygens (including phenoxy) is 1. The molecule has 0 atom stereocenters. The molecule has 1 aliphatic rings. The summed E-state index contributed by atoms with van der Waals surface area (Å²) in [5, 5.41) is 0. The van der Waals surface area contributed by atoms with Crippen LogP contribution < -0.4 is 4.74 Å². The third-order valence-electron chi connectivity index (χ3n) is 4.57. The first kappa shape index (κ1) is 15.0. The molecule has 2 aromatic rings. The zero-order valence-electron chi connectivity index (χ0n) is 13.0. The monoisotopic (exact) mass is 296 g/mol. The highest BCUT2D eigenvalue weighted by atomic mass is 16.5. The average Bonchev–Trinajstić information content (AvgIpc) is 2.61. The molecule has 0 unspecified atom stereocenters. The van der Waals surface area contributed by atoms with Crippen molar-refractivity contribution >= 4 is 0 Å². The molecule has 3 rings (SSSR count). The van der Waals surface area contributed by atoms with E-state index in [1.807, 2.05) is 48.8 Å². The summed E-state index contributed by atoms with van der Waals surface area (Å²) >= 11 is 0. The Balaban J connectivity index is 1.34. The lowest BCUT2D eigenvalue weighted by molar-refractivity contribution is 0.257. The molecule has 0 N–H and O–H groups in total. The van der Waals surface area contributed by atoms with E-state index in [-0.39, 0.29) is 0 Å². The number of rotatable bonds is 6. The van der Waals surface area contributed by atoms with E-state index in [2.05, 4.69) is 9.97 Å². The fourth-order valence-electron chi connectivity index (χ4n) is 3.31. The van der Waals surface area contributed by atoms with Gasteiger partial charge in [0.15, 0.2) is 0 Å². The van der Waals surface area contributed by atoms with Gasteiger partial charge in [0.25, 0.3) is 0 Å². The molecule has 1 fully saturated rings.